The Balaban J connectivity index is 0.974. The quantitative estimate of drug-likeness (QED) is 0.0690. The summed E-state index contributed by atoms with van der Waals surface area (Å²) in [6.07, 6.45) is -0.834. The van der Waals surface area contributed by atoms with E-state index in [-0.39, 0.29) is 50.3 Å². The molecule has 0 aromatic heterocycles. The summed E-state index contributed by atoms with van der Waals surface area (Å²) in [5, 5.41) is 24.4. The molecule has 68 heavy (non-hydrogen) atoms. The summed E-state index contributed by atoms with van der Waals surface area (Å²) in [6.45, 7) is 7.25. The van der Waals surface area contributed by atoms with Gasteiger partial charge in [-0.3, -0.25) is 24.0 Å². The summed E-state index contributed by atoms with van der Waals surface area (Å²) in [6, 6.07) is 3.81. The summed E-state index contributed by atoms with van der Waals surface area (Å²) in [4.78, 5) is 88.5. The number of anilines is 1. The fourth-order valence-corrected chi connectivity index (χ4v) is 11.0. The van der Waals surface area contributed by atoms with Gasteiger partial charge in [0.25, 0.3) is 0 Å². The zero-order valence-electron chi connectivity index (χ0n) is 39.1. The van der Waals surface area contributed by atoms with Gasteiger partial charge in [0.15, 0.2) is 29.1 Å². The van der Waals surface area contributed by atoms with Gasteiger partial charge in [-0.2, -0.15) is 0 Å². The number of rotatable bonds is 20. The summed E-state index contributed by atoms with van der Waals surface area (Å²) >= 11 is 0. The van der Waals surface area contributed by atoms with Crippen LogP contribution in [0.2, 0.25) is 0 Å². The molecule has 6 rings (SSSR count). The highest BCUT2D eigenvalue weighted by Gasteiger charge is 2.80. The second-order valence-corrected chi connectivity index (χ2v) is 19.2. The number of alkyl halides is 2. The normalized spacial score (nSPS) is 32.0. The number of aliphatic hydroxyl groups is 1. The van der Waals surface area contributed by atoms with Crippen LogP contribution in [-0.2, 0) is 49.5 Å². The van der Waals surface area contributed by atoms with Crippen molar-refractivity contribution in [2.45, 2.75) is 134 Å². The van der Waals surface area contributed by atoms with Crippen LogP contribution >= 0.6 is 0 Å². The number of ether oxygens (including phenoxy) is 4. The molecule has 0 bridgehead atoms. The Labute approximate surface area is 393 Å². The van der Waals surface area contributed by atoms with Crippen molar-refractivity contribution in [3.63, 3.8) is 0 Å². The maximum Gasteiger partial charge on any atom is 0.407 e. The molecule has 3 saturated carbocycles. The number of aliphatic hydroxyl groups excluding tert-OH is 1. The number of hydrogen-bond acceptors (Lipinski definition) is 13. The van der Waals surface area contributed by atoms with Gasteiger partial charge in [0.2, 0.25) is 17.7 Å². The van der Waals surface area contributed by atoms with Gasteiger partial charge in [-0.1, -0.05) is 52.3 Å². The van der Waals surface area contributed by atoms with E-state index in [1.807, 2.05) is 6.92 Å². The average Bonchev–Trinajstić information content (AvgIpc) is 3.77. The number of primary amides is 1. The van der Waals surface area contributed by atoms with Crippen LogP contribution in [0, 0.1) is 28.6 Å². The molecule has 12 atom stereocenters. The number of alkyl carbamates (subject to hydrolysis) is 1. The highest BCUT2D eigenvalue weighted by atomic mass is 19.1. The van der Waals surface area contributed by atoms with E-state index in [0.717, 1.165) is 6.08 Å². The number of Topliss-reactive ketones (excluding diaryl/α,β-unsaturated/α-hetero) is 1. The molecule has 1 unspecified atom stereocenters. The Morgan fingerprint density at radius 1 is 1.01 bits per heavy atom. The summed E-state index contributed by atoms with van der Waals surface area (Å²) < 4.78 is 57.4. The van der Waals surface area contributed by atoms with Crippen molar-refractivity contribution in [2.75, 3.05) is 31.7 Å². The van der Waals surface area contributed by atoms with Gasteiger partial charge < -0.3 is 62.1 Å². The Hall–Kier alpha value is -5.35. The molecule has 1 aliphatic heterocycles. The van der Waals surface area contributed by atoms with Gasteiger partial charge in [0.1, 0.15) is 38.7 Å². The molecule has 0 radical (unpaired) electrons. The fourth-order valence-electron chi connectivity index (χ4n) is 11.0. The summed E-state index contributed by atoms with van der Waals surface area (Å²) in [5.41, 5.74) is 5.16. The molecule has 4 aliphatic carbocycles. The molecule has 4 fully saturated rings. The minimum Gasteiger partial charge on any atom is -0.445 e. The topological polar surface area (TPSA) is 289 Å². The number of amides is 6. The van der Waals surface area contributed by atoms with Crippen molar-refractivity contribution in [1.29, 1.82) is 0 Å². The second-order valence-electron chi connectivity index (χ2n) is 19.2. The van der Waals surface area contributed by atoms with Gasteiger partial charge in [-0.15, -0.1) is 0 Å². The number of benzene rings is 1. The van der Waals surface area contributed by atoms with Gasteiger partial charge >= 0.3 is 12.1 Å². The van der Waals surface area contributed by atoms with Crippen LogP contribution in [0.25, 0.3) is 0 Å². The number of ketones is 2. The maximum atomic E-state index is 17.8. The lowest BCUT2D eigenvalue weighted by atomic mass is 9.44. The van der Waals surface area contributed by atoms with E-state index in [1.165, 1.54) is 19.1 Å². The smallest absolute Gasteiger partial charge is 0.407 e. The first-order chi connectivity index (χ1) is 32.1. The van der Waals surface area contributed by atoms with Gasteiger partial charge in [-0.05, 0) is 92.7 Å². The number of nitrogens with one attached hydrogen (secondary N) is 5. The zero-order chi connectivity index (χ0) is 49.8. The van der Waals surface area contributed by atoms with Crippen LogP contribution < -0.4 is 38.1 Å². The number of hydrogen-bond donors (Lipinski definition) is 8. The van der Waals surface area contributed by atoms with Crippen LogP contribution in [-0.4, -0.2) is 121 Å². The Bertz CT molecular complexity index is 2160. The largest absolute Gasteiger partial charge is 0.445 e. The number of urea groups is 1. The second kappa shape index (κ2) is 21.1. The van der Waals surface area contributed by atoms with E-state index < -0.39 is 132 Å². The van der Waals surface area contributed by atoms with E-state index in [9.17, 15) is 38.7 Å². The van der Waals surface area contributed by atoms with Crippen LogP contribution in [0.4, 0.5) is 24.1 Å². The van der Waals surface area contributed by atoms with E-state index in [1.54, 1.807) is 45.0 Å². The predicted octanol–water partition coefficient (Wildman–Crippen LogP) is 2.64. The van der Waals surface area contributed by atoms with Crippen LogP contribution in [0.1, 0.15) is 85.1 Å². The van der Waals surface area contributed by atoms with Crippen molar-refractivity contribution in [3.05, 3.63) is 53.6 Å². The average molecular weight is 958 g/mol. The highest BCUT2D eigenvalue weighted by molar-refractivity contribution is 6.01. The molecule has 5 aliphatic rings. The molecular formula is C47H65F2N7O12. The van der Waals surface area contributed by atoms with Gasteiger partial charge in [0.05, 0.1) is 18.2 Å². The first-order valence-corrected chi connectivity index (χ1v) is 23.2. The summed E-state index contributed by atoms with van der Waals surface area (Å²) in [5.74, 6) is -4.55. The maximum absolute atomic E-state index is 17.8. The number of fused-ring (bicyclic) bond motifs is 7. The Morgan fingerprint density at radius 3 is 2.41 bits per heavy atom. The first kappa shape index (κ1) is 52.0. The van der Waals surface area contributed by atoms with Crippen LogP contribution in [0.5, 0.6) is 0 Å². The molecular weight excluding hydrogens is 893 g/mol. The van der Waals surface area contributed by atoms with Gasteiger partial charge in [0, 0.05) is 29.0 Å². The number of allylic oxidation sites excluding steroid dienone is 4. The number of nitrogens with two attached hydrogens (primary N) is 2. The third-order valence-corrected chi connectivity index (χ3v) is 14.6. The van der Waals surface area contributed by atoms with Crippen molar-refractivity contribution >= 4 is 47.1 Å². The Kier molecular flexibility index (Phi) is 16.2. The molecule has 19 nitrogen and oxygen atoms in total. The monoisotopic (exact) mass is 957 g/mol. The standard InChI is InChI=1S/C47H65F2N7O12/c1-6-8-38-67-36-19-29-30-18-32(48)31-17-28(57)14-15-44(31,4)46(30,49)34(58)20-45(29,5)47(36,68-38)35(59)23-65-24-54-37(60)21-53-43(64)66-22-26-10-12-27(13-11-26)55-40(61)33(9-7-16-52-42(51)63)56-41(62)39(50)25(2)3/h10-15,17,25,29-30,32-34,36,38-39,58H,6-9,16,18-24,50H2,1-5H3,(H,53,64)(H,54,60)(H,55,61)(H,56,62)(H3,51,52,63)/t29-,30-,32-,33-,34-,36+,38?,39-,44-,45-,46-,47+/m0/s1. The van der Waals surface area contributed by atoms with Gasteiger partial charge in [-0.25, -0.2) is 18.4 Å². The number of carbonyl (C=O) groups excluding carboxylic acids is 7. The lowest BCUT2D eigenvalue weighted by Gasteiger charge is -2.63. The van der Waals surface area contributed by atoms with E-state index in [2.05, 4.69) is 26.6 Å². The van der Waals surface area contributed by atoms with E-state index in [0.29, 0.717) is 30.5 Å². The third-order valence-electron chi connectivity index (χ3n) is 14.6. The fraction of sp³-hybridized carbons (Fsp3) is 0.638. The Morgan fingerprint density at radius 2 is 1.74 bits per heavy atom. The number of halogens is 2. The molecule has 6 amide bonds. The lowest BCUT2D eigenvalue weighted by molar-refractivity contribution is -0.235. The SMILES string of the molecule is CCCC1O[C@@H]2C[C@H]3[C@@H]4C[C@H](F)C5=CC(=O)C=C[C@]5(C)[C@@]4(F)[C@@H](O)C[C@]3(C)[C@]2(C(=O)COCNC(=O)CNC(=O)OCc2ccc(NC(=O)[C@H](CCCNC(N)=O)NC(=O)[C@@H](N)C(C)C)cc2)O1. The summed E-state index contributed by atoms with van der Waals surface area (Å²) in [7, 11) is 0. The highest BCUT2D eigenvalue weighted by Crippen LogP contribution is 2.72. The molecule has 374 valence electrons. The molecule has 21 heteroatoms. The first-order valence-electron chi connectivity index (χ1n) is 23.2. The van der Waals surface area contributed by atoms with Crippen molar-refractivity contribution in [3.8, 4) is 0 Å². The van der Waals surface area contributed by atoms with Crippen molar-refractivity contribution in [1.82, 2.24) is 21.3 Å². The molecule has 1 aromatic rings. The number of carbonyl (C=O) groups is 7. The van der Waals surface area contributed by atoms with E-state index >= 15 is 8.78 Å². The van der Waals surface area contributed by atoms with Crippen LogP contribution in [0.3, 0.4) is 0 Å². The minimum absolute atomic E-state index is 0.00418. The molecule has 0 spiro atoms. The molecule has 1 saturated heterocycles. The van der Waals surface area contributed by atoms with Crippen LogP contribution in [0.15, 0.2) is 48.1 Å². The van der Waals surface area contributed by atoms with Crippen molar-refractivity contribution < 1.29 is 66.4 Å². The third kappa shape index (κ3) is 10.2. The zero-order valence-corrected chi connectivity index (χ0v) is 39.1. The molecule has 10 N–H and O–H groups in total. The predicted molar refractivity (Wildman–Crippen MR) is 240 cm³/mol. The molecule has 1 aromatic carbocycles. The lowest BCUT2D eigenvalue weighted by Crippen LogP contribution is -2.71. The van der Waals surface area contributed by atoms with E-state index in [4.69, 9.17) is 30.4 Å². The van der Waals surface area contributed by atoms with Crippen molar-refractivity contribution in [2.24, 2.45) is 40.1 Å². The molecule has 1 heterocycles. The minimum atomic E-state index is -2.35.